The van der Waals surface area contributed by atoms with E-state index < -0.39 is 0 Å². The van der Waals surface area contributed by atoms with E-state index in [1.54, 1.807) is 0 Å². The van der Waals surface area contributed by atoms with Crippen molar-refractivity contribution in [3.05, 3.63) is 69.2 Å². The van der Waals surface area contributed by atoms with Gasteiger partial charge < -0.3 is 4.90 Å². The topological polar surface area (TPSA) is 3.24 Å². The Morgan fingerprint density at radius 2 is 1.74 bits per heavy atom. The maximum absolute atomic E-state index is 6.32. The number of piperidine rings is 1. The van der Waals surface area contributed by atoms with Gasteiger partial charge in [-0.05, 0) is 66.4 Å². The Hall–Kier alpha value is -1.02. The lowest BCUT2D eigenvalue weighted by atomic mass is 9.78. The predicted octanol–water partition coefficient (Wildman–Crippen LogP) is 5.56. The third-order valence-corrected chi connectivity index (χ3v) is 6.13. The maximum atomic E-state index is 6.32. The normalized spacial score (nSPS) is 26.8. The van der Waals surface area contributed by atoms with Crippen molar-refractivity contribution in [2.75, 3.05) is 19.6 Å². The van der Waals surface area contributed by atoms with Crippen molar-refractivity contribution in [1.29, 1.82) is 0 Å². The molecule has 0 N–H and O–H groups in total. The molecule has 3 heteroatoms. The Balaban J connectivity index is 1.80. The van der Waals surface area contributed by atoms with Gasteiger partial charge in [-0.3, -0.25) is 0 Å². The van der Waals surface area contributed by atoms with Gasteiger partial charge in [0.05, 0.1) is 0 Å². The molecule has 0 spiro atoms. The molecule has 0 aromatic heterocycles. The molecule has 2 aliphatic rings. The van der Waals surface area contributed by atoms with E-state index in [0.29, 0.717) is 17.8 Å². The summed E-state index contributed by atoms with van der Waals surface area (Å²) >= 11 is 12.4. The van der Waals surface area contributed by atoms with Crippen molar-refractivity contribution >= 4 is 23.2 Å². The average Bonchev–Trinajstić information content (AvgIpc) is 2.88. The van der Waals surface area contributed by atoms with E-state index in [2.05, 4.69) is 36.1 Å². The van der Waals surface area contributed by atoms with Crippen molar-refractivity contribution in [1.82, 2.24) is 4.90 Å². The Morgan fingerprint density at radius 3 is 2.48 bits per heavy atom. The first kappa shape index (κ1) is 15.5. The van der Waals surface area contributed by atoms with Crippen LogP contribution in [0.4, 0.5) is 0 Å². The van der Waals surface area contributed by atoms with Gasteiger partial charge in [0.25, 0.3) is 0 Å². The fourth-order valence-corrected chi connectivity index (χ4v) is 4.84. The molecule has 0 amide bonds. The summed E-state index contributed by atoms with van der Waals surface area (Å²) in [6, 6.07) is 14.9. The molecule has 1 heterocycles. The highest BCUT2D eigenvalue weighted by atomic mass is 35.5. The minimum atomic E-state index is 0.449. The number of hydrogen-bond donors (Lipinski definition) is 0. The van der Waals surface area contributed by atoms with E-state index in [1.807, 2.05) is 18.2 Å². The van der Waals surface area contributed by atoms with Gasteiger partial charge >= 0.3 is 0 Å². The standard InChI is InChI=1S/C20H21Cl2N/c1-2-23-10-9-17-19(12-23)16-8-7-15(22)11-18(16)20(17)13-3-5-14(21)6-4-13/h3-8,11,17,19-20H,2,9-10,12H2,1H3. The van der Waals surface area contributed by atoms with E-state index in [1.165, 1.54) is 36.2 Å². The highest BCUT2D eigenvalue weighted by molar-refractivity contribution is 6.31. The van der Waals surface area contributed by atoms with E-state index in [9.17, 15) is 0 Å². The quantitative estimate of drug-likeness (QED) is 0.688. The molecular weight excluding hydrogens is 325 g/mol. The van der Waals surface area contributed by atoms with Crippen LogP contribution in [0.2, 0.25) is 10.0 Å². The molecule has 2 aromatic rings. The van der Waals surface area contributed by atoms with E-state index in [4.69, 9.17) is 23.2 Å². The van der Waals surface area contributed by atoms with Gasteiger partial charge in [-0.1, -0.05) is 48.3 Å². The average molecular weight is 346 g/mol. The van der Waals surface area contributed by atoms with E-state index >= 15 is 0 Å². The zero-order valence-corrected chi connectivity index (χ0v) is 14.8. The van der Waals surface area contributed by atoms with Gasteiger partial charge in [0.1, 0.15) is 0 Å². The molecule has 3 atom stereocenters. The Kier molecular flexibility index (Phi) is 4.13. The Bertz CT molecular complexity index is 710. The zero-order chi connectivity index (χ0) is 16.0. The molecule has 23 heavy (non-hydrogen) atoms. The van der Waals surface area contributed by atoms with Gasteiger partial charge in [-0.15, -0.1) is 0 Å². The van der Waals surface area contributed by atoms with Crippen LogP contribution in [0.5, 0.6) is 0 Å². The van der Waals surface area contributed by atoms with Crippen molar-refractivity contribution in [3.8, 4) is 0 Å². The van der Waals surface area contributed by atoms with Crippen molar-refractivity contribution < 1.29 is 0 Å². The third-order valence-electron chi connectivity index (χ3n) is 5.64. The van der Waals surface area contributed by atoms with Gasteiger partial charge in [0.15, 0.2) is 0 Å². The second-order valence-corrected chi connectivity index (χ2v) is 7.63. The van der Waals surface area contributed by atoms with Crippen LogP contribution in [0.3, 0.4) is 0 Å². The summed E-state index contributed by atoms with van der Waals surface area (Å²) in [5.74, 6) is 1.74. The first-order valence-electron chi connectivity index (χ1n) is 8.44. The Morgan fingerprint density at radius 1 is 1.00 bits per heavy atom. The van der Waals surface area contributed by atoms with Crippen molar-refractivity contribution in [2.45, 2.75) is 25.2 Å². The minimum absolute atomic E-state index is 0.449. The summed E-state index contributed by atoms with van der Waals surface area (Å²) in [5, 5.41) is 1.64. The van der Waals surface area contributed by atoms with Gasteiger partial charge in [-0.25, -0.2) is 0 Å². The summed E-state index contributed by atoms with van der Waals surface area (Å²) in [6.45, 7) is 5.76. The molecule has 0 saturated carbocycles. The highest BCUT2D eigenvalue weighted by Gasteiger charge is 2.43. The minimum Gasteiger partial charge on any atom is -0.303 e. The lowest BCUT2D eigenvalue weighted by Gasteiger charge is -2.37. The van der Waals surface area contributed by atoms with Crippen LogP contribution in [-0.2, 0) is 0 Å². The number of hydrogen-bond acceptors (Lipinski definition) is 1. The van der Waals surface area contributed by atoms with Crippen LogP contribution in [0, 0.1) is 5.92 Å². The van der Waals surface area contributed by atoms with Crippen molar-refractivity contribution in [2.24, 2.45) is 5.92 Å². The summed E-state index contributed by atoms with van der Waals surface area (Å²) in [6.07, 6.45) is 1.25. The largest absolute Gasteiger partial charge is 0.303 e. The van der Waals surface area contributed by atoms with Crippen LogP contribution >= 0.6 is 23.2 Å². The van der Waals surface area contributed by atoms with Gasteiger partial charge in [0.2, 0.25) is 0 Å². The molecule has 0 bridgehead atoms. The second-order valence-electron chi connectivity index (χ2n) is 6.75. The molecular formula is C20H21Cl2N. The SMILES string of the molecule is CCN1CCC2C(C1)c1ccc(Cl)cc1C2c1ccc(Cl)cc1. The predicted molar refractivity (Wildman–Crippen MR) is 97.7 cm³/mol. The molecule has 3 unspecified atom stereocenters. The summed E-state index contributed by atoms with van der Waals surface area (Å²) in [5.41, 5.74) is 4.29. The van der Waals surface area contributed by atoms with Crippen LogP contribution < -0.4 is 0 Å². The smallest absolute Gasteiger partial charge is 0.0409 e. The molecule has 4 rings (SSSR count). The third kappa shape index (κ3) is 2.69. The maximum Gasteiger partial charge on any atom is 0.0409 e. The van der Waals surface area contributed by atoms with E-state index in [0.717, 1.165) is 16.6 Å². The summed E-state index contributed by atoms with van der Waals surface area (Å²) < 4.78 is 0. The highest BCUT2D eigenvalue weighted by Crippen LogP contribution is 2.53. The fourth-order valence-electron chi connectivity index (χ4n) is 4.53. The van der Waals surface area contributed by atoms with Gasteiger partial charge in [-0.2, -0.15) is 0 Å². The molecule has 1 fully saturated rings. The van der Waals surface area contributed by atoms with Crippen LogP contribution in [-0.4, -0.2) is 24.5 Å². The van der Waals surface area contributed by atoms with Crippen LogP contribution in [0.15, 0.2) is 42.5 Å². The number of fused-ring (bicyclic) bond motifs is 3. The number of likely N-dealkylation sites (N-methyl/N-ethyl adjacent to an activating group) is 1. The van der Waals surface area contributed by atoms with Crippen molar-refractivity contribution in [3.63, 3.8) is 0 Å². The Labute approximate surface area is 148 Å². The number of rotatable bonds is 2. The molecule has 120 valence electrons. The zero-order valence-electron chi connectivity index (χ0n) is 13.3. The lowest BCUT2D eigenvalue weighted by molar-refractivity contribution is 0.167. The fraction of sp³-hybridized carbons (Fsp3) is 0.400. The molecule has 1 aliphatic heterocycles. The van der Waals surface area contributed by atoms with Crippen LogP contribution in [0.25, 0.3) is 0 Å². The number of likely N-dealkylation sites (tertiary alicyclic amines) is 1. The number of benzene rings is 2. The van der Waals surface area contributed by atoms with Gasteiger partial charge in [0, 0.05) is 28.4 Å². The number of halogens is 2. The first-order valence-corrected chi connectivity index (χ1v) is 9.20. The summed E-state index contributed by atoms with van der Waals surface area (Å²) in [7, 11) is 0. The lowest BCUT2D eigenvalue weighted by Crippen LogP contribution is -2.38. The molecule has 1 saturated heterocycles. The molecule has 1 nitrogen and oxygen atoms in total. The summed E-state index contributed by atoms with van der Waals surface area (Å²) in [4.78, 5) is 2.57. The molecule has 1 aliphatic carbocycles. The monoisotopic (exact) mass is 345 g/mol. The van der Waals surface area contributed by atoms with E-state index in [-0.39, 0.29) is 0 Å². The molecule has 2 aromatic carbocycles. The van der Waals surface area contributed by atoms with Crippen LogP contribution in [0.1, 0.15) is 41.9 Å². The second kappa shape index (κ2) is 6.12. The number of nitrogens with zero attached hydrogens (tertiary/aromatic N) is 1. The molecule has 0 radical (unpaired) electrons. The first-order chi connectivity index (χ1) is 11.2.